The van der Waals surface area contributed by atoms with E-state index in [-0.39, 0.29) is 0 Å². The molecule has 144 valence electrons. The van der Waals surface area contributed by atoms with Gasteiger partial charge in [-0.3, -0.25) is 0 Å². The second kappa shape index (κ2) is 8.25. The van der Waals surface area contributed by atoms with Gasteiger partial charge < -0.3 is 14.5 Å². The van der Waals surface area contributed by atoms with Crippen molar-refractivity contribution in [1.29, 1.82) is 0 Å². The first-order chi connectivity index (χ1) is 13.6. The van der Waals surface area contributed by atoms with Gasteiger partial charge >= 0.3 is 0 Å². The number of piperazine rings is 1. The van der Waals surface area contributed by atoms with Gasteiger partial charge in [0.15, 0.2) is 0 Å². The van der Waals surface area contributed by atoms with Crippen LogP contribution in [0.5, 0.6) is 11.6 Å². The lowest BCUT2D eigenvalue weighted by Crippen LogP contribution is -2.47. The third-order valence-corrected chi connectivity index (χ3v) is 5.23. The second-order valence-corrected chi connectivity index (χ2v) is 7.55. The van der Waals surface area contributed by atoms with Gasteiger partial charge in [-0.05, 0) is 42.8 Å². The molecule has 1 saturated heterocycles. The Morgan fingerprint density at radius 1 is 0.857 bits per heavy atom. The highest BCUT2D eigenvalue weighted by Gasteiger charge is 2.20. The van der Waals surface area contributed by atoms with E-state index in [2.05, 4.69) is 32.8 Å². The van der Waals surface area contributed by atoms with E-state index in [4.69, 9.17) is 27.9 Å². The Bertz CT molecular complexity index is 974. The molecule has 1 fully saturated rings. The number of aromatic nitrogens is 2. The van der Waals surface area contributed by atoms with Crippen LogP contribution in [0.3, 0.4) is 0 Å². The predicted molar refractivity (Wildman–Crippen MR) is 114 cm³/mol. The van der Waals surface area contributed by atoms with E-state index in [1.165, 1.54) is 17.6 Å². The minimum Gasteiger partial charge on any atom is -0.439 e. The fourth-order valence-electron chi connectivity index (χ4n) is 3.31. The summed E-state index contributed by atoms with van der Waals surface area (Å²) in [5, 5.41) is 1.39. The molecule has 1 aliphatic rings. The van der Waals surface area contributed by atoms with Crippen molar-refractivity contribution >= 4 is 34.7 Å². The van der Waals surface area contributed by atoms with Crippen molar-refractivity contribution in [3.63, 3.8) is 0 Å². The summed E-state index contributed by atoms with van der Waals surface area (Å²) < 4.78 is 5.82. The van der Waals surface area contributed by atoms with Crippen LogP contribution in [0, 0.1) is 6.92 Å². The quantitative estimate of drug-likeness (QED) is 0.585. The normalized spacial score (nSPS) is 14.2. The van der Waals surface area contributed by atoms with Crippen LogP contribution in [0.25, 0.3) is 0 Å². The highest BCUT2D eigenvalue weighted by molar-refractivity contribution is 6.31. The number of anilines is 2. The number of hydrogen-bond donors (Lipinski definition) is 0. The van der Waals surface area contributed by atoms with E-state index >= 15 is 0 Å². The largest absolute Gasteiger partial charge is 0.439 e. The topological polar surface area (TPSA) is 41.5 Å². The van der Waals surface area contributed by atoms with Crippen LogP contribution < -0.4 is 14.5 Å². The summed E-state index contributed by atoms with van der Waals surface area (Å²) in [7, 11) is 0. The van der Waals surface area contributed by atoms with E-state index in [0.717, 1.165) is 37.0 Å². The zero-order valence-corrected chi connectivity index (χ0v) is 17.0. The molecule has 0 aliphatic carbocycles. The molecule has 7 heteroatoms. The van der Waals surface area contributed by atoms with Crippen LogP contribution in [0.2, 0.25) is 10.0 Å². The van der Waals surface area contributed by atoms with Gasteiger partial charge in [-0.15, -0.1) is 0 Å². The Morgan fingerprint density at radius 3 is 2.39 bits per heavy atom. The molecular formula is C21H20Cl2N4O. The monoisotopic (exact) mass is 414 g/mol. The molecule has 0 amide bonds. The summed E-state index contributed by atoms with van der Waals surface area (Å²) >= 11 is 12.2. The predicted octanol–water partition coefficient (Wildman–Crippen LogP) is 5.21. The van der Waals surface area contributed by atoms with Crippen molar-refractivity contribution in [2.24, 2.45) is 0 Å². The first kappa shape index (κ1) is 18.8. The second-order valence-electron chi connectivity index (χ2n) is 6.68. The van der Waals surface area contributed by atoms with Crippen molar-refractivity contribution < 1.29 is 4.74 Å². The molecule has 0 unspecified atom stereocenters. The van der Waals surface area contributed by atoms with Crippen molar-refractivity contribution in [1.82, 2.24) is 9.97 Å². The molecule has 2 heterocycles. The molecule has 28 heavy (non-hydrogen) atoms. The number of halogens is 2. The minimum absolute atomic E-state index is 0.500. The van der Waals surface area contributed by atoms with Gasteiger partial charge in [0, 0.05) is 48.0 Å². The fourth-order valence-corrected chi connectivity index (χ4v) is 3.66. The third-order valence-electron chi connectivity index (χ3n) is 4.76. The van der Waals surface area contributed by atoms with E-state index in [1.807, 2.05) is 30.3 Å². The summed E-state index contributed by atoms with van der Waals surface area (Å²) in [6.45, 7) is 5.63. The highest BCUT2D eigenvalue weighted by Crippen LogP contribution is 2.28. The summed E-state index contributed by atoms with van der Waals surface area (Å²) in [6, 6.07) is 15.1. The Morgan fingerprint density at radius 2 is 1.61 bits per heavy atom. The fraction of sp³-hybridized carbons (Fsp3) is 0.238. The van der Waals surface area contributed by atoms with Crippen molar-refractivity contribution in [3.8, 4) is 11.6 Å². The molecule has 1 aromatic heterocycles. The van der Waals surface area contributed by atoms with Gasteiger partial charge in [-0.2, -0.15) is 0 Å². The summed E-state index contributed by atoms with van der Waals surface area (Å²) in [5.41, 5.74) is 2.43. The molecule has 0 spiro atoms. The van der Waals surface area contributed by atoms with Crippen LogP contribution in [0.15, 0.2) is 54.9 Å². The Hall–Kier alpha value is -2.50. The number of benzene rings is 2. The summed E-state index contributed by atoms with van der Waals surface area (Å²) in [5.74, 6) is 2.01. The molecule has 0 bridgehead atoms. The average Bonchev–Trinajstić information content (AvgIpc) is 2.70. The van der Waals surface area contributed by atoms with Crippen LogP contribution in [0.4, 0.5) is 11.5 Å². The number of rotatable bonds is 4. The molecule has 0 atom stereocenters. The highest BCUT2D eigenvalue weighted by atomic mass is 35.5. The van der Waals surface area contributed by atoms with Gasteiger partial charge in [-0.25, -0.2) is 9.97 Å². The lowest BCUT2D eigenvalue weighted by Gasteiger charge is -2.37. The Labute approximate surface area is 174 Å². The van der Waals surface area contributed by atoms with Gasteiger partial charge in [0.1, 0.15) is 17.9 Å². The Kier molecular flexibility index (Phi) is 5.55. The third kappa shape index (κ3) is 4.32. The maximum Gasteiger partial charge on any atom is 0.224 e. The van der Waals surface area contributed by atoms with Crippen molar-refractivity contribution in [2.45, 2.75) is 6.92 Å². The average molecular weight is 415 g/mol. The molecular weight excluding hydrogens is 395 g/mol. The van der Waals surface area contributed by atoms with Crippen LogP contribution in [0.1, 0.15) is 5.56 Å². The molecule has 4 rings (SSSR count). The SMILES string of the molecule is Cc1ccc(Cl)cc1N1CCN(c2cc(Oc3cccc(Cl)c3)ncn2)CC1. The van der Waals surface area contributed by atoms with E-state index in [0.29, 0.717) is 16.7 Å². The maximum absolute atomic E-state index is 6.18. The van der Waals surface area contributed by atoms with Crippen LogP contribution in [-0.2, 0) is 0 Å². The number of ether oxygens (including phenoxy) is 1. The smallest absolute Gasteiger partial charge is 0.224 e. The molecule has 5 nitrogen and oxygen atoms in total. The van der Waals surface area contributed by atoms with Crippen molar-refractivity contribution in [3.05, 3.63) is 70.5 Å². The van der Waals surface area contributed by atoms with Gasteiger partial charge in [-0.1, -0.05) is 35.3 Å². The standard InChI is InChI=1S/C21H20Cl2N4O/c1-15-5-6-17(23)12-19(15)26-7-9-27(10-8-26)20-13-21(25-14-24-20)28-18-4-2-3-16(22)11-18/h2-6,11-14H,7-10H2,1H3. The van der Waals surface area contributed by atoms with Crippen LogP contribution >= 0.6 is 23.2 Å². The van der Waals surface area contributed by atoms with Gasteiger partial charge in [0.05, 0.1) is 0 Å². The van der Waals surface area contributed by atoms with E-state index in [1.54, 1.807) is 12.1 Å². The molecule has 0 radical (unpaired) electrons. The molecule has 2 aromatic carbocycles. The Balaban J connectivity index is 1.44. The summed E-state index contributed by atoms with van der Waals surface area (Å²) in [4.78, 5) is 13.2. The van der Waals surface area contributed by atoms with E-state index < -0.39 is 0 Å². The van der Waals surface area contributed by atoms with Gasteiger partial charge in [0.25, 0.3) is 0 Å². The number of aryl methyl sites for hydroxylation is 1. The van der Waals surface area contributed by atoms with E-state index in [9.17, 15) is 0 Å². The lowest BCUT2D eigenvalue weighted by atomic mass is 10.1. The zero-order chi connectivity index (χ0) is 19.5. The molecule has 3 aromatic rings. The summed E-state index contributed by atoms with van der Waals surface area (Å²) in [6.07, 6.45) is 1.53. The first-order valence-electron chi connectivity index (χ1n) is 9.10. The van der Waals surface area contributed by atoms with Gasteiger partial charge in [0.2, 0.25) is 5.88 Å². The first-order valence-corrected chi connectivity index (χ1v) is 9.85. The van der Waals surface area contributed by atoms with Crippen LogP contribution in [-0.4, -0.2) is 36.1 Å². The molecule has 0 saturated carbocycles. The lowest BCUT2D eigenvalue weighted by molar-refractivity contribution is 0.461. The number of hydrogen-bond acceptors (Lipinski definition) is 5. The number of nitrogens with zero attached hydrogens (tertiary/aromatic N) is 4. The van der Waals surface area contributed by atoms with Crippen molar-refractivity contribution in [2.75, 3.05) is 36.0 Å². The molecule has 1 aliphatic heterocycles. The minimum atomic E-state index is 0.500. The zero-order valence-electron chi connectivity index (χ0n) is 15.5. The maximum atomic E-state index is 6.18. The molecule has 0 N–H and O–H groups in total.